The second-order valence-electron chi connectivity index (χ2n) is 4.18. The van der Waals surface area contributed by atoms with Crippen molar-refractivity contribution in [3.05, 3.63) is 42.0 Å². The van der Waals surface area contributed by atoms with Crippen molar-refractivity contribution in [2.24, 2.45) is 0 Å². The quantitative estimate of drug-likeness (QED) is 0.859. The Morgan fingerprint density at radius 1 is 1.37 bits per heavy atom. The summed E-state index contributed by atoms with van der Waals surface area (Å²) in [5.41, 5.74) is 1.52. The van der Waals surface area contributed by atoms with Crippen LogP contribution >= 0.6 is 0 Å². The molecule has 2 aromatic rings. The lowest BCUT2D eigenvalue weighted by atomic mass is 10.1. The molecule has 0 saturated carbocycles. The Kier molecular flexibility index (Phi) is 3.61. The van der Waals surface area contributed by atoms with Crippen LogP contribution < -0.4 is 4.74 Å². The third-order valence-electron chi connectivity index (χ3n) is 2.90. The molecule has 0 saturated heterocycles. The van der Waals surface area contributed by atoms with Crippen molar-refractivity contribution in [3.63, 3.8) is 0 Å². The lowest BCUT2D eigenvalue weighted by Crippen LogP contribution is -2.11. The molecule has 0 unspecified atom stereocenters. The Labute approximate surface area is 112 Å². The van der Waals surface area contributed by atoms with E-state index in [4.69, 9.17) is 4.74 Å². The number of ether oxygens (including phenoxy) is 1. The lowest BCUT2D eigenvalue weighted by molar-refractivity contribution is 0.409. The first-order chi connectivity index (χ1) is 8.98. The molecular formula is C13H16N2O3S. The number of aromatic nitrogens is 2. The van der Waals surface area contributed by atoms with Crippen LogP contribution in [0.5, 0.6) is 5.75 Å². The van der Waals surface area contributed by atoms with Gasteiger partial charge in [-0.2, -0.15) is 0 Å². The fourth-order valence-electron chi connectivity index (χ4n) is 1.84. The zero-order chi connectivity index (χ0) is 14.0. The van der Waals surface area contributed by atoms with Gasteiger partial charge in [-0.25, -0.2) is 17.4 Å². The molecule has 0 aliphatic carbocycles. The third kappa shape index (κ3) is 2.49. The van der Waals surface area contributed by atoms with Gasteiger partial charge in [-0.15, -0.1) is 0 Å². The van der Waals surface area contributed by atoms with Gasteiger partial charge in [0.25, 0.3) is 10.0 Å². The summed E-state index contributed by atoms with van der Waals surface area (Å²) in [6.45, 7) is 3.70. The van der Waals surface area contributed by atoms with Crippen LogP contribution in [0.1, 0.15) is 18.2 Å². The summed E-state index contributed by atoms with van der Waals surface area (Å²) in [6, 6.07) is 4.86. The minimum atomic E-state index is -3.58. The maximum atomic E-state index is 12.4. The summed E-state index contributed by atoms with van der Waals surface area (Å²) in [5, 5.41) is 0. The molecule has 2 rings (SSSR count). The standard InChI is InChI=1S/C13H16N2O3S/c1-4-11-7-12(5-6-13(11)18-3)19(16,17)15-8-10(2)14-9-15/h5-9H,4H2,1-3H3. The monoisotopic (exact) mass is 280 g/mol. The lowest BCUT2D eigenvalue weighted by Gasteiger charge is -2.10. The van der Waals surface area contributed by atoms with E-state index < -0.39 is 10.0 Å². The first kappa shape index (κ1) is 13.6. The number of methoxy groups -OCH3 is 1. The van der Waals surface area contributed by atoms with Crippen molar-refractivity contribution in [2.45, 2.75) is 25.2 Å². The molecule has 1 heterocycles. The second-order valence-corrected chi connectivity index (χ2v) is 6.02. The van der Waals surface area contributed by atoms with Crippen LogP contribution in [0.4, 0.5) is 0 Å². The Morgan fingerprint density at radius 2 is 2.11 bits per heavy atom. The van der Waals surface area contributed by atoms with Crippen LogP contribution in [0.25, 0.3) is 0 Å². The predicted molar refractivity (Wildman–Crippen MR) is 71.9 cm³/mol. The van der Waals surface area contributed by atoms with Gasteiger partial charge >= 0.3 is 0 Å². The number of nitrogens with zero attached hydrogens (tertiary/aromatic N) is 2. The Bertz CT molecular complexity index is 690. The molecule has 0 radical (unpaired) electrons. The maximum Gasteiger partial charge on any atom is 0.268 e. The van der Waals surface area contributed by atoms with E-state index in [9.17, 15) is 8.42 Å². The first-order valence-electron chi connectivity index (χ1n) is 5.92. The van der Waals surface area contributed by atoms with E-state index >= 15 is 0 Å². The molecule has 0 aliphatic heterocycles. The third-order valence-corrected chi connectivity index (χ3v) is 4.50. The normalized spacial score (nSPS) is 11.5. The van der Waals surface area contributed by atoms with Gasteiger partial charge in [0.05, 0.1) is 17.7 Å². The van der Waals surface area contributed by atoms with Crippen molar-refractivity contribution in [1.29, 1.82) is 0 Å². The molecule has 0 amide bonds. The van der Waals surface area contributed by atoms with E-state index in [1.165, 1.54) is 12.5 Å². The summed E-state index contributed by atoms with van der Waals surface area (Å²) in [6.07, 6.45) is 3.50. The van der Waals surface area contributed by atoms with E-state index in [0.29, 0.717) is 17.9 Å². The van der Waals surface area contributed by atoms with Gasteiger partial charge in [0, 0.05) is 6.20 Å². The molecule has 0 spiro atoms. The SMILES string of the molecule is CCc1cc(S(=O)(=O)n2cnc(C)c2)ccc1OC. The minimum absolute atomic E-state index is 0.238. The van der Waals surface area contributed by atoms with Crippen LogP contribution in [0, 0.1) is 6.92 Å². The smallest absolute Gasteiger partial charge is 0.268 e. The number of hydrogen-bond acceptors (Lipinski definition) is 4. The number of hydrogen-bond donors (Lipinski definition) is 0. The fourth-order valence-corrected chi connectivity index (χ4v) is 3.08. The van der Waals surface area contributed by atoms with Crippen molar-refractivity contribution >= 4 is 10.0 Å². The maximum absolute atomic E-state index is 12.4. The van der Waals surface area contributed by atoms with Gasteiger partial charge in [-0.05, 0) is 37.1 Å². The van der Waals surface area contributed by atoms with Crippen molar-refractivity contribution in [1.82, 2.24) is 8.96 Å². The fraction of sp³-hybridized carbons (Fsp3) is 0.308. The number of imidazole rings is 1. The van der Waals surface area contributed by atoms with Crippen LogP contribution in [-0.4, -0.2) is 24.5 Å². The van der Waals surface area contributed by atoms with E-state index in [1.54, 1.807) is 32.2 Å². The van der Waals surface area contributed by atoms with Gasteiger partial charge < -0.3 is 4.74 Å². The van der Waals surface area contributed by atoms with Gasteiger partial charge in [0.2, 0.25) is 0 Å². The molecule has 102 valence electrons. The summed E-state index contributed by atoms with van der Waals surface area (Å²) in [5.74, 6) is 0.697. The zero-order valence-corrected chi connectivity index (χ0v) is 11.9. The number of aryl methyl sites for hydroxylation is 2. The molecule has 0 aliphatic rings. The second kappa shape index (κ2) is 5.05. The first-order valence-corrected chi connectivity index (χ1v) is 7.36. The average Bonchev–Trinajstić information content (AvgIpc) is 2.85. The van der Waals surface area contributed by atoms with Gasteiger partial charge in [0.15, 0.2) is 0 Å². The molecule has 0 bridgehead atoms. The summed E-state index contributed by atoms with van der Waals surface area (Å²) in [4.78, 5) is 4.18. The molecule has 1 aromatic heterocycles. The molecule has 0 atom stereocenters. The summed E-state index contributed by atoms with van der Waals surface area (Å²) in [7, 11) is -2.01. The van der Waals surface area contributed by atoms with E-state index in [0.717, 1.165) is 9.54 Å². The van der Waals surface area contributed by atoms with Gasteiger partial charge in [-0.3, -0.25) is 0 Å². The molecule has 6 heteroatoms. The van der Waals surface area contributed by atoms with E-state index in [1.807, 2.05) is 6.92 Å². The Hall–Kier alpha value is -1.82. The number of benzene rings is 1. The highest BCUT2D eigenvalue weighted by Gasteiger charge is 2.18. The molecule has 0 N–H and O–H groups in total. The highest BCUT2D eigenvalue weighted by atomic mass is 32.2. The van der Waals surface area contributed by atoms with Crippen molar-refractivity contribution in [3.8, 4) is 5.75 Å². The van der Waals surface area contributed by atoms with Gasteiger partial charge in [0.1, 0.15) is 12.1 Å². The highest BCUT2D eigenvalue weighted by molar-refractivity contribution is 7.90. The van der Waals surface area contributed by atoms with Crippen LogP contribution in [0.2, 0.25) is 0 Å². The van der Waals surface area contributed by atoms with E-state index in [-0.39, 0.29) is 4.90 Å². The number of rotatable bonds is 4. The van der Waals surface area contributed by atoms with E-state index in [2.05, 4.69) is 4.98 Å². The molecule has 0 fully saturated rings. The van der Waals surface area contributed by atoms with Crippen LogP contribution in [-0.2, 0) is 16.4 Å². The van der Waals surface area contributed by atoms with Crippen LogP contribution in [0.3, 0.4) is 0 Å². The van der Waals surface area contributed by atoms with Gasteiger partial charge in [-0.1, -0.05) is 6.92 Å². The molecular weight excluding hydrogens is 264 g/mol. The summed E-state index contributed by atoms with van der Waals surface area (Å²) >= 11 is 0. The highest BCUT2D eigenvalue weighted by Crippen LogP contribution is 2.24. The Balaban J connectivity index is 2.52. The minimum Gasteiger partial charge on any atom is -0.496 e. The zero-order valence-electron chi connectivity index (χ0n) is 11.1. The largest absolute Gasteiger partial charge is 0.496 e. The Morgan fingerprint density at radius 3 is 2.63 bits per heavy atom. The molecule has 19 heavy (non-hydrogen) atoms. The van der Waals surface area contributed by atoms with Crippen molar-refractivity contribution in [2.75, 3.05) is 7.11 Å². The van der Waals surface area contributed by atoms with Crippen LogP contribution in [0.15, 0.2) is 35.6 Å². The molecule has 5 nitrogen and oxygen atoms in total. The predicted octanol–water partition coefficient (Wildman–Crippen LogP) is 2.00. The van der Waals surface area contributed by atoms with Crippen molar-refractivity contribution < 1.29 is 13.2 Å². The average molecular weight is 280 g/mol. The molecule has 1 aromatic carbocycles. The topological polar surface area (TPSA) is 61.2 Å². The summed E-state index contributed by atoms with van der Waals surface area (Å²) < 4.78 is 31.1.